The van der Waals surface area contributed by atoms with Crippen LogP contribution in [0.4, 0.5) is 5.82 Å². The van der Waals surface area contributed by atoms with E-state index in [4.69, 9.17) is 12.8 Å². The van der Waals surface area contributed by atoms with Crippen LogP contribution in [0.1, 0.15) is 12.6 Å². The van der Waals surface area contributed by atoms with Crippen LogP contribution in [0, 0.1) is 5.41 Å². The highest BCUT2D eigenvalue weighted by Gasteiger charge is 2.33. The van der Waals surface area contributed by atoms with E-state index in [1.165, 1.54) is 0 Å². The lowest BCUT2D eigenvalue weighted by atomic mass is 9.90. The van der Waals surface area contributed by atoms with Crippen molar-refractivity contribution in [2.75, 3.05) is 30.8 Å². The van der Waals surface area contributed by atoms with Crippen LogP contribution < -0.4 is 26.5 Å². The van der Waals surface area contributed by atoms with Crippen molar-refractivity contribution in [2.24, 2.45) is 0 Å². The number of aromatic nitrogens is 4. The van der Waals surface area contributed by atoms with Crippen LogP contribution in [-0.2, 0) is 0 Å². The number of anilines is 1. The molecular formula is C29H27BBrN7S. The number of fused-ring (bicyclic) bond motifs is 4. The third kappa shape index (κ3) is 4.00. The number of thioether (sulfide) groups is 1. The van der Waals surface area contributed by atoms with E-state index in [-0.39, 0.29) is 6.04 Å². The van der Waals surface area contributed by atoms with Crippen molar-refractivity contribution in [3.05, 3.63) is 81.9 Å². The molecule has 3 aliphatic heterocycles. The molecule has 1 N–H and O–H groups in total. The molecule has 194 valence electrons. The lowest BCUT2D eigenvalue weighted by molar-refractivity contribution is 0.290. The summed E-state index contributed by atoms with van der Waals surface area (Å²) in [7, 11) is 6.28. The van der Waals surface area contributed by atoms with E-state index in [1.807, 2.05) is 24.5 Å². The first kappa shape index (κ1) is 25.8. The van der Waals surface area contributed by atoms with Crippen LogP contribution in [0.2, 0.25) is 0 Å². The summed E-state index contributed by atoms with van der Waals surface area (Å²) in [4.78, 5) is 15.0. The summed E-state index contributed by atoms with van der Waals surface area (Å²) in [6.07, 6.45) is 7.63. The van der Waals surface area contributed by atoms with Gasteiger partial charge in [-0.3, -0.25) is 9.98 Å². The number of hydrogen-bond acceptors (Lipinski definition) is 6. The highest BCUT2D eigenvalue weighted by molar-refractivity contribution is 9.10. The van der Waals surface area contributed by atoms with Crippen LogP contribution in [0.25, 0.3) is 34.9 Å². The summed E-state index contributed by atoms with van der Waals surface area (Å²) in [5.41, 5.74) is 6.49. The standard InChI is InChI=1S/C29H27BBrN7S/c1-6-16(2)35-12-13-36(17(3)15-35)29-19(14-22-25-24-20(30)8-7-9-21(24)38(22)25)28(32)37(18(4)34-29)26-23(39-5)10-11-33-27(26)31/h6-11,14,17,32H,1-2,4,12-13,15H2,3,5H3/b19-14+,32-28?. The van der Waals surface area contributed by atoms with Gasteiger partial charge in [-0.15, -0.1) is 11.8 Å². The van der Waals surface area contributed by atoms with Gasteiger partial charge in [0.1, 0.15) is 29.2 Å². The van der Waals surface area contributed by atoms with E-state index < -0.39 is 0 Å². The minimum atomic E-state index is 0.137. The Hall–Kier alpha value is -3.50. The highest BCUT2D eigenvalue weighted by Crippen LogP contribution is 2.44. The number of nitrogens with one attached hydrogen (secondary N) is 1. The molecule has 7 nitrogen and oxygen atoms in total. The molecule has 0 aliphatic carbocycles. The van der Waals surface area contributed by atoms with Gasteiger partial charge in [0, 0.05) is 47.9 Å². The molecule has 5 heterocycles. The molecule has 0 spiro atoms. The van der Waals surface area contributed by atoms with Crippen molar-refractivity contribution in [1.29, 1.82) is 5.41 Å². The Kier molecular flexibility index (Phi) is 6.35. The largest absolute Gasteiger partial charge is 0.368 e. The molecule has 1 aromatic carbocycles. The number of rotatable bonds is 6. The maximum atomic E-state index is 9.50. The fourth-order valence-electron chi connectivity index (χ4n) is 5.51. The third-order valence-corrected chi connectivity index (χ3v) is 8.88. The minimum Gasteiger partial charge on any atom is -0.368 e. The molecule has 0 saturated carbocycles. The number of piperazine rings is 1. The van der Waals surface area contributed by atoms with Crippen molar-refractivity contribution < 1.29 is 0 Å². The second-order valence-corrected chi connectivity index (χ2v) is 11.3. The van der Waals surface area contributed by atoms with Gasteiger partial charge >= 0.3 is 0 Å². The SMILES string of the molecule is [B]c1cccc2c1c1c(/C=c3/c(N4CCN(C(=C)C=C)CC4C)nc(=C)n(-c4c(SC)ccnc4Br)c3=N)n2-1. The first-order chi connectivity index (χ1) is 18.8. The Morgan fingerprint density at radius 2 is 2.03 bits per heavy atom. The lowest BCUT2D eigenvalue weighted by Crippen LogP contribution is -2.56. The quantitative estimate of drug-likeness (QED) is 0.142. The molecule has 1 atom stereocenters. The molecule has 2 radical (unpaired) electrons. The van der Waals surface area contributed by atoms with Gasteiger partial charge in [0.25, 0.3) is 0 Å². The predicted molar refractivity (Wildman–Crippen MR) is 165 cm³/mol. The Balaban J connectivity index is 1.58. The zero-order valence-electron chi connectivity index (χ0n) is 21.9. The number of nitrogens with zero attached hydrogens (tertiary/aromatic N) is 6. The summed E-state index contributed by atoms with van der Waals surface area (Å²) in [5.74, 6) is 0.751. The Labute approximate surface area is 240 Å². The van der Waals surface area contributed by atoms with Gasteiger partial charge in [-0.1, -0.05) is 37.3 Å². The molecule has 10 heteroatoms. The molecule has 0 amide bonds. The van der Waals surface area contributed by atoms with Crippen LogP contribution in [0.15, 0.2) is 64.9 Å². The lowest BCUT2D eigenvalue weighted by Gasteiger charge is -2.42. The van der Waals surface area contributed by atoms with Crippen LogP contribution >= 0.6 is 27.7 Å². The molecule has 1 saturated heterocycles. The number of benzene rings is 1. The zero-order valence-corrected chi connectivity index (χ0v) is 24.3. The van der Waals surface area contributed by atoms with E-state index in [2.05, 4.69) is 74.1 Å². The maximum Gasteiger partial charge on any atom is 0.142 e. The number of allylic oxidation sites excluding steroid dienone is 1. The van der Waals surface area contributed by atoms with E-state index in [1.54, 1.807) is 28.6 Å². The molecule has 1 fully saturated rings. The third-order valence-electron chi connectivity index (χ3n) is 7.53. The summed E-state index contributed by atoms with van der Waals surface area (Å²) < 4.78 is 4.60. The van der Waals surface area contributed by atoms with Crippen molar-refractivity contribution in [1.82, 2.24) is 24.0 Å². The first-order valence-electron chi connectivity index (χ1n) is 12.6. The molecule has 1 unspecified atom stereocenters. The van der Waals surface area contributed by atoms with E-state index in [9.17, 15) is 5.41 Å². The summed E-state index contributed by atoms with van der Waals surface area (Å²) in [5, 5.41) is 11.3. The summed E-state index contributed by atoms with van der Waals surface area (Å²) >= 11 is 5.20. The molecule has 2 aromatic heterocycles. The predicted octanol–water partition coefficient (Wildman–Crippen LogP) is 2.73. The van der Waals surface area contributed by atoms with Crippen LogP contribution in [0.3, 0.4) is 0 Å². The molecular weight excluding hydrogens is 569 g/mol. The first-order valence-corrected chi connectivity index (χ1v) is 14.6. The van der Waals surface area contributed by atoms with Crippen molar-refractivity contribution in [3.8, 4) is 11.4 Å². The summed E-state index contributed by atoms with van der Waals surface area (Å²) in [6.45, 7) is 16.8. The molecule has 39 heavy (non-hydrogen) atoms. The zero-order chi connectivity index (χ0) is 27.6. The van der Waals surface area contributed by atoms with Crippen LogP contribution in [-0.4, -0.2) is 63.8 Å². The average Bonchev–Trinajstić information content (AvgIpc) is 3.54. The summed E-state index contributed by atoms with van der Waals surface area (Å²) in [6, 6.07) is 8.05. The smallest absolute Gasteiger partial charge is 0.142 e. The second-order valence-electron chi connectivity index (χ2n) is 9.74. The van der Waals surface area contributed by atoms with Gasteiger partial charge in [0.15, 0.2) is 0 Å². The fourth-order valence-corrected chi connectivity index (χ4v) is 6.73. The number of halogens is 1. The fraction of sp³-hybridized carbons (Fsp3) is 0.207. The minimum absolute atomic E-state index is 0.137. The van der Waals surface area contributed by atoms with Gasteiger partial charge in [-0.2, -0.15) is 0 Å². The monoisotopic (exact) mass is 595 g/mol. The van der Waals surface area contributed by atoms with Crippen molar-refractivity contribution in [2.45, 2.75) is 17.9 Å². The average molecular weight is 596 g/mol. The number of pyridine rings is 1. The van der Waals surface area contributed by atoms with Crippen molar-refractivity contribution in [3.63, 3.8) is 0 Å². The van der Waals surface area contributed by atoms with Crippen molar-refractivity contribution >= 4 is 70.4 Å². The Morgan fingerprint density at radius 3 is 2.72 bits per heavy atom. The van der Waals surface area contributed by atoms with Gasteiger partial charge in [-0.25, -0.2) is 9.97 Å². The number of hydrogen-bond donors (Lipinski definition) is 1. The molecule has 6 rings (SSSR count). The van der Waals surface area contributed by atoms with E-state index >= 15 is 0 Å². The Bertz CT molecular complexity index is 1880. The Morgan fingerprint density at radius 1 is 1.23 bits per heavy atom. The molecule has 3 aromatic rings. The van der Waals surface area contributed by atoms with Gasteiger partial charge in [0.2, 0.25) is 0 Å². The highest BCUT2D eigenvalue weighted by atomic mass is 79.9. The molecule has 3 aliphatic rings. The second kappa shape index (κ2) is 9.60. The maximum absolute atomic E-state index is 9.50. The van der Waals surface area contributed by atoms with E-state index in [0.717, 1.165) is 74.7 Å². The van der Waals surface area contributed by atoms with Gasteiger partial charge in [-0.05, 0) is 53.4 Å². The topological polar surface area (TPSA) is 66.0 Å². The normalized spacial score (nSPS) is 16.7. The van der Waals surface area contributed by atoms with E-state index in [0.29, 0.717) is 15.6 Å². The molecule has 0 bridgehead atoms. The van der Waals surface area contributed by atoms with Gasteiger partial charge < -0.3 is 14.4 Å². The van der Waals surface area contributed by atoms with Gasteiger partial charge in [0.05, 0.1) is 27.8 Å². The van der Waals surface area contributed by atoms with Crippen LogP contribution in [0.5, 0.6) is 0 Å².